The zero-order valence-corrected chi connectivity index (χ0v) is 20.1. The zero-order valence-electron chi connectivity index (χ0n) is 19.3. The van der Waals surface area contributed by atoms with E-state index in [2.05, 4.69) is 15.3 Å². The third kappa shape index (κ3) is 4.72. The highest BCUT2D eigenvalue weighted by atomic mass is 32.2. The van der Waals surface area contributed by atoms with Gasteiger partial charge >= 0.3 is 6.09 Å². The number of nitrogens with zero attached hydrogens (tertiary/aromatic N) is 4. The second-order valence-electron chi connectivity index (χ2n) is 9.21. The molecule has 1 saturated heterocycles. The molecule has 10 heteroatoms. The Morgan fingerprint density at radius 3 is 2.55 bits per heavy atom. The summed E-state index contributed by atoms with van der Waals surface area (Å²) in [6, 6.07) is 8.09. The topological polar surface area (TPSA) is 106 Å². The minimum Gasteiger partial charge on any atom is -0.443 e. The first-order valence-corrected chi connectivity index (χ1v) is 12.4. The Labute approximate surface area is 193 Å². The first kappa shape index (κ1) is 23.2. The van der Waals surface area contributed by atoms with Gasteiger partial charge in [0.25, 0.3) is 10.0 Å². The summed E-state index contributed by atoms with van der Waals surface area (Å²) in [4.78, 5) is 23.6. The summed E-state index contributed by atoms with van der Waals surface area (Å²) >= 11 is 0. The molecule has 3 heterocycles. The molecule has 0 saturated carbocycles. The smallest absolute Gasteiger partial charge is 0.416 e. The Morgan fingerprint density at radius 2 is 1.91 bits per heavy atom. The summed E-state index contributed by atoms with van der Waals surface area (Å²) in [6.45, 7) is 8.79. The molecule has 1 fully saturated rings. The molecule has 176 valence electrons. The average molecular weight is 472 g/mol. The van der Waals surface area contributed by atoms with Crippen molar-refractivity contribution in [1.29, 1.82) is 0 Å². The number of ether oxygens (including phenoxy) is 1. The van der Waals surface area contributed by atoms with Crippen LogP contribution in [0.3, 0.4) is 0 Å². The molecule has 0 radical (unpaired) electrons. The lowest BCUT2D eigenvalue weighted by molar-refractivity contribution is 0.0559. The number of benzene rings is 1. The van der Waals surface area contributed by atoms with Crippen LogP contribution in [0.5, 0.6) is 0 Å². The van der Waals surface area contributed by atoms with Gasteiger partial charge in [-0.25, -0.2) is 27.2 Å². The van der Waals surface area contributed by atoms with Gasteiger partial charge in [-0.05, 0) is 65.3 Å². The molecule has 3 aromatic rings. The van der Waals surface area contributed by atoms with Crippen LogP contribution < -0.4 is 10.2 Å². The van der Waals surface area contributed by atoms with Crippen molar-refractivity contribution in [1.82, 2.24) is 19.3 Å². The summed E-state index contributed by atoms with van der Waals surface area (Å²) in [7, 11) is -3.88. The third-order valence-corrected chi connectivity index (χ3v) is 7.14. The molecule has 1 N–H and O–H groups in total. The normalized spacial score (nSPS) is 17.2. The average Bonchev–Trinajstić information content (AvgIpc) is 3.20. The Kier molecular flexibility index (Phi) is 6.15. The maximum Gasteiger partial charge on any atom is 0.416 e. The number of hydrogen-bond acceptors (Lipinski definition) is 7. The number of hydrogen-bond donors (Lipinski definition) is 1. The van der Waals surface area contributed by atoms with Gasteiger partial charge < -0.3 is 10.1 Å². The predicted octanol–water partition coefficient (Wildman–Crippen LogP) is 3.47. The minimum atomic E-state index is -3.88. The summed E-state index contributed by atoms with van der Waals surface area (Å²) in [5.74, 6) is 0.334. The maximum atomic E-state index is 13.3. The second kappa shape index (κ2) is 8.75. The summed E-state index contributed by atoms with van der Waals surface area (Å²) < 4.78 is 33.4. The number of nitrogens with one attached hydrogen (secondary N) is 1. The first-order valence-electron chi connectivity index (χ1n) is 11.0. The largest absolute Gasteiger partial charge is 0.443 e. The lowest BCUT2D eigenvalue weighted by Crippen LogP contribution is -2.50. The number of fused-ring (bicyclic) bond motifs is 1. The molecular weight excluding hydrogens is 442 g/mol. The van der Waals surface area contributed by atoms with Crippen LogP contribution in [0.4, 0.5) is 10.6 Å². The molecular formula is C23H29N5O4S. The Balaban J connectivity index is 1.82. The lowest BCUT2D eigenvalue weighted by Gasteiger charge is -2.35. The van der Waals surface area contributed by atoms with Crippen LogP contribution in [0.1, 0.15) is 39.2 Å². The molecule has 1 aliphatic rings. The highest BCUT2D eigenvalue weighted by Gasteiger charge is 2.34. The van der Waals surface area contributed by atoms with Gasteiger partial charge in [0, 0.05) is 12.7 Å². The fourth-order valence-corrected chi connectivity index (χ4v) is 5.20. The van der Waals surface area contributed by atoms with Crippen LogP contribution in [-0.2, 0) is 14.8 Å². The molecule has 1 unspecified atom stereocenters. The molecule has 33 heavy (non-hydrogen) atoms. The van der Waals surface area contributed by atoms with Crippen molar-refractivity contribution >= 4 is 33.0 Å². The van der Waals surface area contributed by atoms with Crippen LogP contribution in [0, 0.1) is 6.92 Å². The van der Waals surface area contributed by atoms with Crippen molar-refractivity contribution in [2.75, 3.05) is 18.0 Å². The number of rotatable bonds is 4. The summed E-state index contributed by atoms with van der Waals surface area (Å²) in [5, 5.41) is 3.77. The number of anilines is 1. The van der Waals surface area contributed by atoms with Crippen molar-refractivity contribution in [3.8, 4) is 0 Å². The van der Waals surface area contributed by atoms with Gasteiger partial charge in [0.1, 0.15) is 11.9 Å². The molecule has 2 aromatic heterocycles. The second-order valence-corrected chi connectivity index (χ2v) is 11.0. The molecule has 0 bridgehead atoms. The van der Waals surface area contributed by atoms with Gasteiger partial charge in [-0.1, -0.05) is 17.7 Å². The number of carbonyl (C=O) groups is 1. The predicted molar refractivity (Wildman–Crippen MR) is 126 cm³/mol. The molecule has 1 atom stereocenters. The minimum absolute atomic E-state index is 0.159. The van der Waals surface area contributed by atoms with Crippen molar-refractivity contribution in [2.24, 2.45) is 0 Å². The van der Waals surface area contributed by atoms with Crippen LogP contribution in [-0.4, -0.2) is 53.2 Å². The van der Waals surface area contributed by atoms with E-state index in [0.29, 0.717) is 17.7 Å². The van der Waals surface area contributed by atoms with E-state index in [-0.39, 0.29) is 16.6 Å². The fraction of sp³-hybridized carbons (Fsp3) is 0.435. The van der Waals surface area contributed by atoms with E-state index in [4.69, 9.17) is 4.74 Å². The standard InChI is InChI=1S/C23H29N5O4S/c1-16-7-9-18(10-8-16)33(30,31)27-13-11-19-20(27)25-15-26-21(19)28(17-6-5-12-24-14-17)22(29)32-23(2,3)4/h7-11,13,15,17,24H,5-6,12,14H2,1-4H3. The molecule has 1 amide bonds. The van der Waals surface area contributed by atoms with Gasteiger partial charge in [-0.15, -0.1) is 0 Å². The fourth-order valence-electron chi connectivity index (χ4n) is 3.90. The summed E-state index contributed by atoms with van der Waals surface area (Å²) in [5.41, 5.74) is 0.479. The van der Waals surface area contributed by atoms with Gasteiger partial charge in [-0.3, -0.25) is 4.90 Å². The van der Waals surface area contributed by atoms with Crippen LogP contribution in [0.25, 0.3) is 11.0 Å². The SMILES string of the molecule is Cc1ccc(S(=O)(=O)n2ccc3c(N(C(=O)OC(C)(C)C)C4CCCNC4)ncnc32)cc1. The van der Waals surface area contributed by atoms with E-state index in [1.54, 1.807) is 30.3 Å². The van der Waals surface area contributed by atoms with Crippen molar-refractivity contribution in [3.63, 3.8) is 0 Å². The van der Waals surface area contributed by atoms with Crippen molar-refractivity contribution in [2.45, 2.75) is 57.1 Å². The number of aryl methyl sites for hydroxylation is 1. The molecule has 1 aromatic carbocycles. The monoisotopic (exact) mass is 471 g/mol. The number of carbonyl (C=O) groups excluding carboxylic acids is 1. The van der Waals surface area contributed by atoms with Gasteiger partial charge in [0.15, 0.2) is 11.5 Å². The Morgan fingerprint density at radius 1 is 1.18 bits per heavy atom. The van der Waals surface area contributed by atoms with Gasteiger partial charge in [0.05, 0.1) is 16.3 Å². The van der Waals surface area contributed by atoms with Crippen molar-refractivity contribution < 1.29 is 17.9 Å². The van der Waals surface area contributed by atoms with E-state index in [0.717, 1.165) is 28.9 Å². The first-order chi connectivity index (χ1) is 15.6. The summed E-state index contributed by atoms with van der Waals surface area (Å²) in [6.07, 6.45) is 3.89. The maximum absolute atomic E-state index is 13.3. The molecule has 4 rings (SSSR count). The molecule has 0 aliphatic carbocycles. The lowest BCUT2D eigenvalue weighted by atomic mass is 10.1. The van der Waals surface area contributed by atoms with Crippen LogP contribution >= 0.6 is 0 Å². The number of aromatic nitrogens is 3. The Bertz CT molecular complexity index is 1260. The number of piperidine rings is 1. The third-order valence-electron chi connectivity index (χ3n) is 5.46. The zero-order chi connectivity index (χ0) is 23.8. The van der Waals surface area contributed by atoms with E-state index < -0.39 is 21.7 Å². The Hall–Kier alpha value is -2.98. The van der Waals surface area contributed by atoms with Crippen LogP contribution in [0.2, 0.25) is 0 Å². The molecule has 9 nitrogen and oxygen atoms in total. The van der Waals surface area contributed by atoms with E-state index in [9.17, 15) is 13.2 Å². The molecule has 0 spiro atoms. The quantitative estimate of drug-likeness (QED) is 0.621. The van der Waals surface area contributed by atoms with Crippen molar-refractivity contribution in [3.05, 3.63) is 48.4 Å². The van der Waals surface area contributed by atoms with Gasteiger partial charge in [0.2, 0.25) is 0 Å². The highest BCUT2D eigenvalue weighted by Crippen LogP contribution is 2.30. The highest BCUT2D eigenvalue weighted by molar-refractivity contribution is 7.90. The van der Waals surface area contributed by atoms with E-state index >= 15 is 0 Å². The van der Waals surface area contributed by atoms with Crippen LogP contribution in [0.15, 0.2) is 47.8 Å². The molecule has 1 aliphatic heterocycles. The van der Waals surface area contributed by atoms with Gasteiger partial charge in [-0.2, -0.15) is 0 Å². The van der Waals surface area contributed by atoms with E-state index in [1.807, 2.05) is 27.7 Å². The number of amides is 1. The van der Waals surface area contributed by atoms with E-state index in [1.165, 1.54) is 17.4 Å².